The first-order chi connectivity index (χ1) is 24.1. The Balaban J connectivity index is 1.30. The number of aromatic nitrogens is 6. The standard InChI is InChI=1S/C37H35BrN8O4/c1-22-15-25(9-11-30(22)38)36(49)43-21-32-33(35(48)41-17-26-7-4-5-8-29(26)34-39-13-6-14-40-34)46(37(50)44(32)19-23(43)2)28-10-12-31-27(16-28)18-42-45(31)20-24(3)47/h4-16,18,23-24,47H,17,19-21H2,1-3H3,(H,41,48)/t23?,24-/m1/s1. The van der Waals surface area contributed by atoms with Gasteiger partial charge < -0.3 is 15.3 Å². The second-order valence-electron chi connectivity index (χ2n) is 12.6. The zero-order chi connectivity index (χ0) is 35.1. The molecule has 12 nitrogen and oxygen atoms in total. The highest BCUT2D eigenvalue weighted by atomic mass is 79.9. The first-order valence-electron chi connectivity index (χ1n) is 16.3. The highest BCUT2D eigenvalue weighted by molar-refractivity contribution is 9.10. The Morgan fingerprint density at radius 1 is 1.06 bits per heavy atom. The van der Waals surface area contributed by atoms with Gasteiger partial charge >= 0.3 is 5.69 Å². The van der Waals surface area contributed by atoms with Crippen molar-refractivity contribution in [1.82, 2.24) is 39.1 Å². The maximum Gasteiger partial charge on any atom is 0.333 e. The van der Waals surface area contributed by atoms with Crippen LogP contribution in [0, 0.1) is 6.92 Å². The molecule has 3 aromatic carbocycles. The molecule has 0 saturated heterocycles. The van der Waals surface area contributed by atoms with Crippen LogP contribution in [0.2, 0.25) is 0 Å². The van der Waals surface area contributed by atoms with E-state index in [-0.39, 0.29) is 43.0 Å². The molecular formula is C37H35BrN8O4. The molecule has 0 bridgehead atoms. The van der Waals surface area contributed by atoms with Crippen LogP contribution in [0.25, 0.3) is 28.0 Å². The lowest BCUT2D eigenvalue weighted by atomic mass is 10.1. The van der Waals surface area contributed by atoms with E-state index < -0.39 is 12.0 Å². The van der Waals surface area contributed by atoms with Gasteiger partial charge in [-0.3, -0.25) is 23.4 Å². The molecule has 3 aromatic heterocycles. The van der Waals surface area contributed by atoms with E-state index in [0.29, 0.717) is 29.3 Å². The van der Waals surface area contributed by atoms with Crippen molar-refractivity contribution in [2.24, 2.45) is 0 Å². The number of aryl methyl sites for hydroxylation is 1. The van der Waals surface area contributed by atoms with Crippen molar-refractivity contribution in [1.29, 1.82) is 0 Å². The predicted octanol–water partition coefficient (Wildman–Crippen LogP) is 4.87. The molecular weight excluding hydrogens is 700 g/mol. The van der Waals surface area contributed by atoms with E-state index in [1.807, 2.05) is 62.4 Å². The summed E-state index contributed by atoms with van der Waals surface area (Å²) in [5, 5.41) is 18.2. The minimum atomic E-state index is -0.596. The lowest BCUT2D eigenvalue weighted by Crippen LogP contribution is -2.47. The molecule has 2 N–H and O–H groups in total. The molecule has 2 atom stereocenters. The first kappa shape index (κ1) is 33.1. The van der Waals surface area contributed by atoms with Crippen molar-refractivity contribution in [2.75, 3.05) is 0 Å². The third-order valence-corrected chi connectivity index (χ3v) is 9.90. The van der Waals surface area contributed by atoms with E-state index in [1.54, 1.807) is 57.9 Å². The molecule has 7 rings (SSSR count). The summed E-state index contributed by atoms with van der Waals surface area (Å²) in [7, 11) is 0. The molecule has 0 saturated carbocycles. The Bertz CT molecular complexity index is 2310. The summed E-state index contributed by atoms with van der Waals surface area (Å²) in [4.78, 5) is 53.1. The number of aliphatic hydroxyl groups is 1. The number of carbonyl (C=O) groups excluding carboxylic acids is 2. The molecule has 1 unspecified atom stereocenters. The van der Waals surface area contributed by atoms with Gasteiger partial charge in [0, 0.05) is 52.5 Å². The molecule has 2 amide bonds. The second-order valence-corrected chi connectivity index (χ2v) is 13.5. The van der Waals surface area contributed by atoms with Gasteiger partial charge in [-0.1, -0.05) is 40.2 Å². The highest BCUT2D eigenvalue weighted by Crippen LogP contribution is 2.28. The maximum atomic E-state index is 14.4. The number of amides is 2. The quantitative estimate of drug-likeness (QED) is 0.227. The molecule has 13 heteroatoms. The van der Waals surface area contributed by atoms with Gasteiger partial charge in [-0.05, 0) is 74.4 Å². The number of fused-ring (bicyclic) bond motifs is 2. The predicted molar refractivity (Wildman–Crippen MR) is 192 cm³/mol. The summed E-state index contributed by atoms with van der Waals surface area (Å²) in [5.41, 5.74) is 4.52. The van der Waals surface area contributed by atoms with Crippen molar-refractivity contribution >= 4 is 38.6 Å². The van der Waals surface area contributed by atoms with Gasteiger partial charge in [-0.15, -0.1) is 0 Å². The van der Waals surface area contributed by atoms with E-state index in [9.17, 15) is 19.5 Å². The van der Waals surface area contributed by atoms with E-state index in [2.05, 4.69) is 36.3 Å². The first-order valence-corrected chi connectivity index (χ1v) is 17.1. The fourth-order valence-corrected chi connectivity index (χ4v) is 6.75. The lowest BCUT2D eigenvalue weighted by molar-refractivity contribution is 0.0610. The van der Waals surface area contributed by atoms with Crippen LogP contribution in [-0.4, -0.2) is 62.8 Å². The average Bonchev–Trinajstić information content (AvgIpc) is 3.64. The van der Waals surface area contributed by atoms with Crippen LogP contribution in [-0.2, 0) is 26.2 Å². The molecule has 0 spiro atoms. The van der Waals surface area contributed by atoms with Gasteiger partial charge in [0.25, 0.3) is 11.8 Å². The smallest absolute Gasteiger partial charge is 0.333 e. The molecule has 50 heavy (non-hydrogen) atoms. The van der Waals surface area contributed by atoms with Crippen LogP contribution in [0.15, 0.2) is 94.6 Å². The molecule has 0 radical (unpaired) electrons. The monoisotopic (exact) mass is 734 g/mol. The van der Waals surface area contributed by atoms with Gasteiger partial charge in [0.2, 0.25) is 0 Å². The normalized spacial score (nSPS) is 14.8. The van der Waals surface area contributed by atoms with E-state index in [4.69, 9.17) is 0 Å². The number of aliphatic hydroxyl groups excluding tert-OH is 1. The van der Waals surface area contributed by atoms with Crippen LogP contribution in [0.1, 0.15) is 51.5 Å². The summed E-state index contributed by atoms with van der Waals surface area (Å²) < 4.78 is 5.63. The number of nitrogens with zero attached hydrogens (tertiary/aromatic N) is 7. The number of hydrogen-bond acceptors (Lipinski definition) is 7. The number of hydrogen-bond donors (Lipinski definition) is 2. The number of nitrogens with one attached hydrogen (secondary N) is 1. The van der Waals surface area contributed by atoms with Crippen LogP contribution < -0.4 is 11.0 Å². The van der Waals surface area contributed by atoms with Gasteiger partial charge in [0.05, 0.1) is 42.3 Å². The van der Waals surface area contributed by atoms with Gasteiger partial charge in [-0.2, -0.15) is 5.10 Å². The fourth-order valence-electron chi connectivity index (χ4n) is 6.50. The van der Waals surface area contributed by atoms with Crippen molar-refractivity contribution < 1.29 is 14.7 Å². The average molecular weight is 736 g/mol. The number of halogens is 1. The SMILES string of the molecule is Cc1cc(C(=O)N2Cc3c(C(=O)NCc4ccccc4-c4ncccn4)n(-c4ccc5c(cnn5C[C@@H](C)O)c4)c(=O)n3CC2C)ccc1Br. The largest absolute Gasteiger partial charge is 0.391 e. The topological polar surface area (TPSA) is 140 Å². The number of rotatable bonds is 8. The zero-order valence-electron chi connectivity index (χ0n) is 27.7. The summed E-state index contributed by atoms with van der Waals surface area (Å²) in [5.74, 6) is -0.119. The molecule has 1 aliphatic heterocycles. The van der Waals surface area contributed by atoms with E-state index >= 15 is 0 Å². The zero-order valence-corrected chi connectivity index (χ0v) is 29.3. The molecule has 0 aliphatic carbocycles. The Kier molecular flexibility index (Phi) is 8.93. The second kappa shape index (κ2) is 13.5. The number of carbonyl (C=O) groups is 2. The minimum Gasteiger partial charge on any atom is -0.391 e. The molecule has 1 aliphatic rings. The number of benzene rings is 3. The van der Waals surface area contributed by atoms with Gasteiger partial charge in [-0.25, -0.2) is 14.8 Å². The maximum absolute atomic E-state index is 14.4. The van der Waals surface area contributed by atoms with Gasteiger partial charge in [0.15, 0.2) is 5.82 Å². The van der Waals surface area contributed by atoms with Crippen LogP contribution in [0.5, 0.6) is 0 Å². The summed E-state index contributed by atoms with van der Waals surface area (Å²) in [6.07, 6.45) is 4.41. The van der Waals surface area contributed by atoms with Crippen LogP contribution in [0.4, 0.5) is 0 Å². The molecule has 4 heterocycles. The lowest BCUT2D eigenvalue weighted by Gasteiger charge is -2.34. The summed E-state index contributed by atoms with van der Waals surface area (Å²) >= 11 is 3.51. The van der Waals surface area contributed by atoms with Crippen LogP contribution >= 0.6 is 15.9 Å². The van der Waals surface area contributed by atoms with E-state index in [1.165, 1.54) is 4.57 Å². The van der Waals surface area contributed by atoms with Gasteiger partial charge in [0.1, 0.15) is 5.69 Å². The summed E-state index contributed by atoms with van der Waals surface area (Å²) in [6.45, 7) is 6.25. The Morgan fingerprint density at radius 3 is 2.60 bits per heavy atom. The number of imidazole rings is 1. The fraction of sp³-hybridized carbons (Fsp3) is 0.243. The van der Waals surface area contributed by atoms with Crippen molar-refractivity contribution in [3.05, 3.63) is 128 Å². The minimum absolute atomic E-state index is 0.0586. The summed E-state index contributed by atoms with van der Waals surface area (Å²) in [6, 6.07) is 19.8. The van der Waals surface area contributed by atoms with Crippen molar-refractivity contribution in [3.63, 3.8) is 0 Å². The van der Waals surface area contributed by atoms with Crippen LogP contribution in [0.3, 0.4) is 0 Å². The van der Waals surface area contributed by atoms with E-state index in [0.717, 1.165) is 32.1 Å². The highest BCUT2D eigenvalue weighted by Gasteiger charge is 2.35. The molecule has 0 fully saturated rings. The third kappa shape index (κ3) is 6.14. The Hall–Kier alpha value is -5.40. The molecule has 254 valence electrons. The Morgan fingerprint density at radius 2 is 1.84 bits per heavy atom. The Labute approximate surface area is 296 Å². The van der Waals surface area contributed by atoms with Crippen molar-refractivity contribution in [3.8, 4) is 17.1 Å². The third-order valence-electron chi connectivity index (χ3n) is 9.01. The van der Waals surface area contributed by atoms with Crippen molar-refractivity contribution in [2.45, 2.75) is 59.1 Å². The molecule has 6 aromatic rings.